The zero-order chi connectivity index (χ0) is 13.0. The van der Waals surface area contributed by atoms with E-state index >= 15 is 0 Å². The summed E-state index contributed by atoms with van der Waals surface area (Å²) >= 11 is 0. The van der Waals surface area contributed by atoms with Crippen molar-refractivity contribution in [2.75, 3.05) is 18.5 Å². The van der Waals surface area contributed by atoms with E-state index in [0.29, 0.717) is 11.4 Å². The molecule has 17 heavy (non-hydrogen) atoms. The Labute approximate surface area is 103 Å². The van der Waals surface area contributed by atoms with Gasteiger partial charge in [-0.05, 0) is 44.9 Å². The highest BCUT2D eigenvalue weighted by molar-refractivity contribution is 7.93. The van der Waals surface area contributed by atoms with Crippen LogP contribution in [-0.4, -0.2) is 26.8 Å². The normalized spacial score (nSPS) is 21.1. The molecule has 4 heteroatoms. The summed E-state index contributed by atoms with van der Waals surface area (Å²) in [6.07, 6.45) is 0. The third-order valence-corrected chi connectivity index (χ3v) is 5.90. The van der Waals surface area contributed by atoms with Gasteiger partial charge in [-0.15, -0.1) is 0 Å². The topological polar surface area (TPSA) is 37.4 Å². The summed E-state index contributed by atoms with van der Waals surface area (Å²) in [6, 6.07) is 3.82. The molecule has 0 radical (unpaired) electrons. The van der Waals surface area contributed by atoms with Crippen molar-refractivity contribution >= 4 is 15.5 Å². The highest BCUT2D eigenvalue weighted by atomic mass is 32.2. The van der Waals surface area contributed by atoms with Gasteiger partial charge in [0.25, 0.3) is 0 Å². The molecule has 1 heterocycles. The van der Waals surface area contributed by atoms with Gasteiger partial charge in [0.1, 0.15) is 0 Å². The first kappa shape index (κ1) is 12.4. The van der Waals surface area contributed by atoms with E-state index in [2.05, 4.69) is 0 Å². The van der Waals surface area contributed by atoms with Crippen molar-refractivity contribution in [3.05, 3.63) is 23.3 Å². The molecule has 0 fully saturated rings. The van der Waals surface area contributed by atoms with Crippen molar-refractivity contribution in [2.24, 2.45) is 0 Å². The molecule has 0 saturated heterocycles. The smallest absolute Gasteiger partial charge is 0.187 e. The SMILES string of the molecule is Cc1cc(C)c2c(c1)S(=O)(=O)C(C)(C)CN2C. The molecule has 1 aliphatic rings. The number of fused-ring (bicyclic) bond motifs is 1. The molecule has 0 bridgehead atoms. The van der Waals surface area contributed by atoms with Gasteiger partial charge in [-0.2, -0.15) is 0 Å². The molecular formula is C13H19NO2S. The Bertz CT molecular complexity index is 573. The van der Waals surface area contributed by atoms with Crippen LogP contribution in [0.4, 0.5) is 5.69 Å². The number of hydrogen-bond donors (Lipinski definition) is 0. The first-order valence-electron chi connectivity index (χ1n) is 5.74. The maximum Gasteiger partial charge on any atom is 0.187 e. The molecule has 0 unspecified atom stereocenters. The molecular weight excluding hydrogens is 234 g/mol. The summed E-state index contributed by atoms with van der Waals surface area (Å²) in [5.74, 6) is 0. The molecule has 1 aliphatic heterocycles. The van der Waals surface area contributed by atoms with Crippen LogP contribution >= 0.6 is 0 Å². The van der Waals surface area contributed by atoms with Gasteiger partial charge < -0.3 is 4.90 Å². The summed E-state index contributed by atoms with van der Waals surface area (Å²) in [5, 5.41) is 0. The van der Waals surface area contributed by atoms with Crippen molar-refractivity contribution < 1.29 is 8.42 Å². The van der Waals surface area contributed by atoms with E-state index in [4.69, 9.17) is 0 Å². The number of hydrogen-bond acceptors (Lipinski definition) is 3. The van der Waals surface area contributed by atoms with Gasteiger partial charge in [0, 0.05) is 13.6 Å². The number of anilines is 1. The lowest BCUT2D eigenvalue weighted by atomic mass is 10.1. The lowest BCUT2D eigenvalue weighted by molar-refractivity contribution is 0.534. The fourth-order valence-electron chi connectivity index (χ4n) is 2.65. The summed E-state index contributed by atoms with van der Waals surface area (Å²) < 4.78 is 24.4. The molecule has 3 nitrogen and oxygen atoms in total. The van der Waals surface area contributed by atoms with Gasteiger partial charge in [0.05, 0.1) is 15.3 Å². The van der Waals surface area contributed by atoms with Crippen molar-refractivity contribution in [2.45, 2.75) is 37.3 Å². The van der Waals surface area contributed by atoms with Crippen molar-refractivity contribution in [1.29, 1.82) is 0 Å². The number of nitrogens with zero attached hydrogens (tertiary/aromatic N) is 1. The van der Waals surface area contributed by atoms with Crippen LogP contribution in [0.15, 0.2) is 17.0 Å². The van der Waals surface area contributed by atoms with E-state index in [1.165, 1.54) is 0 Å². The zero-order valence-corrected chi connectivity index (χ0v) is 11.9. The zero-order valence-electron chi connectivity index (χ0n) is 11.0. The minimum Gasteiger partial charge on any atom is -0.372 e. The monoisotopic (exact) mass is 253 g/mol. The maximum absolute atomic E-state index is 12.5. The third kappa shape index (κ3) is 1.66. The minimum atomic E-state index is -3.24. The van der Waals surface area contributed by atoms with E-state index in [9.17, 15) is 8.42 Å². The largest absolute Gasteiger partial charge is 0.372 e. The predicted octanol–water partition coefficient (Wildman–Crippen LogP) is 2.31. The molecule has 0 aromatic heterocycles. The molecule has 2 rings (SSSR count). The highest BCUT2D eigenvalue weighted by Crippen LogP contribution is 2.40. The Hall–Kier alpha value is -1.03. The van der Waals surface area contributed by atoms with Crippen LogP contribution < -0.4 is 4.90 Å². The maximum atomic E-state index is 12.5. The van der Waals surface area contributed by atoms with E-state index in [0.717, 1.165) is 16.8 Å². The summed E-state index contributed by atoms with van der Waals surface area (Å²) in [4.78, 5) is 2.53. The molecule has 1 aromatic rings. The van der Waals surface area contributed by atoms with Gasteiger partial charge in [0.2, 0.25) is 0 Å². The Morgan fingerprint density at radius 1 is 1.24 bits per heavy atom. The predicted molar refractivity (Wildman–Crippen MR) is 70.5 cm³/mol. The fourth-order valence-corrected chi connectivity index (χ4v) is 4.52. The molecule has 1 aromatic carbocycles. The Morgan fingerprint density at radius 3 is 2.41 bits per heavy atom. The van der Waals surface area contributed by atoms with Crippen molar-refractivity contribution in [3.63, 3.8) is 0 Å². The van der Waals surface area contributed by atoms with Crippen LogP contribution in [0.1, 0.15) is 25.0 Å². The Balaban J connectivity index is 2.84. The molecule has 0 N–H and O–H groups in total. The van der Waals surface area contributed by atoms with Crippen LogP contribution in [0, 0.1) is 13.8 Å². The van der Waals surface area contributed by atoms with E-state index in [-0.39, 0.29) is 0 Å². The van der Waals surface area contributed by atoms with E-state index in [1.54, 1.807) is 19.9 Å². The van der Waals surface area contributed by atoms with Crippen LogP contribution in [0.5, 0.6) is 0 Å². The standard InChI is InChI=1S/C13H19NO2S/c1-9-6-10(2)12-11(7-9)17(15,16)13(3,4)8-14(12)5/h6-7H,8H2,1-5H3. The van der Waals surface area contributed by atoms with Crippen LogP contribution in [0.2, 0.25) is 0 Å². The number of rotatable bonds is 0. The lowest BCUT2D eigenvalue weighted by Crippen LogP contribution is -2.47. The van der Waals surface area contributed by atoms with Crippen LogP contribution in [-0.2, 0) is 9.84 Å². The molecule has 0 amide bonds. The van der Waals surface area contributed by atoms with Gasteiger partial charge in [-0.1, -0.05) is 6.07 Å². The summed E-state index contributed by atoms with van der Waals surface area (Å²) in [5.41, 5.74) is 2.88. The molecule has 0 saturated carbocycles. The number of benzene rings is 1. The Morgan fingerprint density at radius 2 is 1.82 bits per heavy atom. The fraction of sp³-hybridized carbons (Fsp3) is 0.538. The van der Waals surface area contributed by atoms with Crippen molar-refractivity contribution in [1.82, 2.24) is 0 Å². The van der Waals surface area contributed by atoms with Gasteiger partial charge in [-0.25, -0.2) is 8.42 Å². The first-order valence-corrected chi connectivity index (χ1v) is 7.22. The molecule has 94 valence electrons. The van der Waals surface area contributed by atoms with Crippen LogP contribution in [0.3, 0.4) is 0 Å². The van der Waals surface area contributed by atoms with Gasteiger partial charge in [-0.3, -0.25) is 0 Å². The second kappa shape index (κ2) is 3.48. The van der Waals surface area contributed by atoms with Crippen molar-refractivity contribution in [3.8, 4) is 0 Å². The average molecular weight is 253 g/mol. The van der Waals surface area contributed by atoms with E-state index < -0.39 is 14.6 Å². The van der Waals surface area contributed by atoms with Gasteiger partial charge in [0.15, 0.2) is 9.84 Å². The highest BCUT2D eigenvalue weighted by Gasteiger charge is 2.43. The second-order valence-electron chi connectivity index (χ2n) is 5.55. The third-order valence-electron chi connectivity index (χ3n) is 3.43. The summed E-state index contributed by atoms with van der Waals surface area (Å²) in [6.45, 7) is 8.02. The molecule has 0 aliphatic carbocycles. The molecule has 0 atom stereocenters. The van der Waals surface area contributed by atoms with Crippen LogP contribution in [0.25, 0.3) is 0 Å². The minimum absolute atomic E-state index is 0.480. The Kier molecular flexibility index (Phi) is 2.54. The van der Waals surface area contributed by atoms with E-state index in [1.807, 2.05) is 31.9 Å². The second-order valence-corrected chi connectivity index (χ2v) is 8.10. The average Bonchev–Trinajstić information content (AvgIpc) is 2.12. The quantitative estimate of drug-likeness (QED) is 0.712. The number of aryl methyl sites for hydroxylation is 2. The van der Waals surface area contributed by atoms with Gasteiger partial charge >= 0.3 is 0 Å². The molecule has 0 spiro atoms. The lowest BCUT2D eigenvalue weighted by Gasteiger charge is -2.39. The number of sulfone groups is 1. The first-order chi connectivity index (χ1) is 7.67. The summed E-state index contributed by atoms with van der Waals surface area (Å²) in [7, 11) is -1.28.